The number of unbranched alkanes of at least 4 members (excludes halogenated alkanes) is 2. The maximum Gasteiger partial charge on any atom is 0.0278 e. The van der Waals surface area contributed by atoms with Gasteiger partial charge in [-0.1, -0.05) is 26.2 Å². The third kappa shape index (κ3) is 4.98. The molecule has 0 amide bonds. The van der Waals surface area contributed by atoms with Crippen LogP contribution in [0.5, 0.6) is 0 Å². The van der Waals surface area contributed by atoms with Gasteiger partial charge in [-0.2, -0.15) is 0 Å². The molecule has 1 fully saturated rings. The van der Waals surface area contributed by atoms with Gasteiger partial charge in [-0.05, 0) is 39.7 Å². The third-order valence-electron chi connectivity index (χ3n) is 3.54. The van der Waals surface area contributed by atoms with Gasteiger partial charge in [0, 0.05) is 18.1 Å². The molecule has 90 valence electrons. The fourth-order valence-corrected chi connectivity index (χ4v) is 2.31. The molecule has 2 atom stereocenters. The van der Waals surface area contributed by atoms with Crippen molar-refractivity contribution >= 4 is 0 Å². The molecule has 1 aliphatic heterocycles. The number of hydrogen-bond donors (Lipinski definition) is 2. The molecule has 2 N–H and O–H groups in total. The molecule has 1 rings (SSSR count). The van der Waals surface area contributed by atoms with Crippen LogP contribution in [0.2, 0.25) is 0 Å². The van der Waals surface area contributed by atoms with Crippen molar-refractivity contribution < 1.29 is 0 Å². The zero-order valence-electron chi connectivity index (χ0n) is 10.7. The van der Waals surface area contributed by atoms with Gasteiger partial charge in [0.25, 0.3) is 0 Å². The smallest absolute Gasteiger partial charge is 0.0278 e. The molecule has 0 aliphatic carbocycles. The molecule has 2 nitrogen and oxygen atoms in total. The van der Waals surface area contributed by atoms with E-state index in [2.05, 4.69) is 31.4 Å². The normalized spacial score (nSPS) is 28.2. The number of nitrogens with one attached hydrogen (secondary N) is 2. The van der Waals surface area contributed by atoms with Crippen molar-refractivity contribution in [1.82, 2.24) is 10.6 Å². The Balaban J connectivity index is 2.07. The lowest BCUT2D eigenvalue weighted by molar-refractivity contribution is 0.355. The highest BCUT2D eigenvalue weighted by Gasteiger charge is 2.27. The summed E-state index contributed by atoms with van der Waals surface area (Å²) in [5, 5.41) is 7.25. The van der Waals surface area contributed by atoms with Gasteiger partial charge in [0.1, 0.15) is 0 Å². The molecule has 2 heteroatoms. The van der Waals surface area contributed by atoms with Gasteiger partial charge in [-0.25, -0.2) is 0 Å². The molecular weight excluding hydrogens is 184 g/mol. The van der Waals surface area contributed by atoms with Crippen LogP contribution in [0.4, 0.5) is 0 Å². The molecule has 0 aromatic carbocycles. The number of rotatable bonds is 7. The van der Waals surface area contributed by atoms with Gasteiger partial charge in [0.05, 0.1) is 0 Å². The third-order valence-corrected chi connectivity index (χ3v) is 3.54. The van der Waals surface area contributed by atoms with E-state index in [4.69, 9.17) is 0 Å². The van der Waals surface area contributed by atoms with E-state index in [1.54, 1.807) is 0 Å². The summed E-state index contributed by atoms with van der Waals surface area (Å²) in [4.78, 5) is 0. The lowest BCUT2D eigenvalue weighted by Crippen LogP contribution is -2.47. The van der Waals surface area contributed by atoms with Crippen molar-refractivity contribution in [2.45, 2.75) is 70.9 Å². The van der Waals surface area contributed by atoms with Crippen LogP contribution in [-0.4, -0.2) is 24.7 Å². The molecule has 0 saturated carbocycles. The Morgan fingerprint density at radius 3 is 2.80 bits per heavy atom. The highest BCUT2D eigenvalue weighted by atomic mass is 15.1. The predicted molar refractivity (Wildman–Crippen MR) is 67.2 cm³/mol. The summed E-state index contributed by atoms with van der Waals surface area (Å²) >= 11 is 0. The van der Waals surface area contributed by atoms with E-state index in [1.165, 1.54) is 45.1 Å². The van der Waals surface area contributed by atoms with Crippen molar-refractivity contribution in [2.75, 3.05) is 13.1 Å². The molecule has 2 unspecified atom stereocenters. The van der Waals surface area contributed by atoms with Gasteiger partial charge >= 0.3 is 0 Å². The van der Waals surface area contributed by atoms with Crippen LogP contribution in [-0.2, 0) is 0 Å². The van der Waals surface area contributed by atoms with Gasteiger partial charge in [0.2, 0.25) is 0 Å². The first-order valence-electron chi connectivity index (χ1n) is 6.65. The minimum atomic E-state index is 0.360. The van der Waals surface area contributed by atoms with Crippen molar-refractivity contribution in [3.05, 3.63) is 0 Å². The van der Waals surface area contributed by atoms with E-state index in [9.17, 15) is 0 Å². The maximum atomic E-state index is 3.66. The van der Waals surface area contributed by atoms with Crippen LogP contribution in [0.1, 0.15) is 59.3 Å². The van der Waals surface area contributed by atoms with E-state index < -0.39 is 0 Å². The molecule has 1 saturated heterocycles. The van der Waals surface area contributed by atoms with Crippen LogP contribution in [0.15, 0.2) is 0 Å². The van der Waals surface area contributed by atoms with Gasteiger partial charge in [-0.3, -0.25) is 0 Å². The average molecular weight is 212 g/mol. The second kappa shape index (κ2) is 6.49. The van der Waals surface area contributed by atoms with Crippen LogP contribution in [0.3, 0.4) is 0 Å². The van der Waals surface area contributed by atoms with E-state index in [0.717, 1.165) is 6.54 Å². The first-order chi connectivity index (χ1) is 7.16. The Hall–Kier alpha value is -0.0800. The van der Waals surface area contributed by atoms with E-state index >= 15 is 0 Å². The predicted octanol–water partition coefficient (Wildman–Crippen LogP) is 2.69. The Labute approximate surface area is 95.2 Å². The van der Waals surface area contributed by atoms with Crippen LogP contribution < -0.4 is 10.6 Å². The monoisotopic (exact) mass is 212 g/mol. The molecule has 1 heterocycles. The highest BCUT2D eigenvalue weighted by molar-refractivity contribution is 4.91. The Bertz CT molecular complexity index is 162. The fraction of sp³-hybridized carbons (Fsp3) is 1.00. The summed E-state index contributed by atoms with van der Waals surface area (Å²) in [5.74, 6) is 0. The minimum absolute atomic E-state index is 0.360. The van der Waals surface area contributed by atoms with Crippen molar-refractivity contribution in [2.24, 2.45) is 0 Å². The summed E-state index contributed by atoms with van der Waals surface area (Å²) < 4.78 is 0. The maximum absolute atomic E-state index is 3.66. The quantitative estimate of drug-likeness (QED) is 0.634. The molecule has 0 bridgehead atoms. The minimum Gasteiger partial charge on any atom is -0.312 e. The topological polar surface area (TPSA) is 24.1 Å². The Morgan fingerprint density at radius 2 is 2.20 bits per heavy atom. The summed E-state index contributed by atoms with van der Waals surface area (Å²) in [5.41, 5.74) is 0.360. The molecule has 0 spiro atoms. The zero-order chi connectivity index (χ0) is 11.1. The van der Waals surface area contributed by atoms with Crippen molar-refractivity contribution in [3.8, 4) is 0 Å². The Kier molecular flexibility index (Phi) is 5.62. The zero-order valence-corrected chi connectivity index (χ0v) is 10.7. The van der Waals surface area contributed by atoms with E-state index in [-0.39, 0.29) is 0 Å². The lowest BCUT2D eigenvalue weighted by atomic mass is 9.99. The average Bonchev–Trinajstić information content (AvgIpc) is 2.64. The molecule has 0 radical (unpaired) electrons. The van der Waals surface area contributed by atoms with Gasteiger partial charge < -0.3 is 10.6 Å². The van der Waals surface area contributed by atoms with Crippen molar-refractivity contribution in [3.63, 3.8) is 0 Å². The highest BCUT2D eigenvalue weighted by Crippen LogP contribution is 2.17. The van der Waals surface area contributed by atoms with E-state index in [0.29, 0.717) is 11.6 Å². The Morgan fingerprint density at radius 1 is 1.40 bits per heavy atom. The number of hydrogen-bond acceptors (Lipinski definition) is 2. The second-order valence-corrected chi connectivity index (χ2v) is 5.37. The van der Waals surface area contributed by atoms with Gasteiger partial charge in [0.15, 0.2) is 0 Å². The van der Waals surface area contributed by atoms with Crippen LogP contribution >= 0.6 is 0 Å². The first kappa shape index (κ1) is 13.0. The largest absolute Gasteiger partial charge is 0.312 e. The van der Waals surface area contributed by atoms with Crippen LogP contribution in [0, 0.1) is 0 Å². The summed E-state index contributed by atoms with van der Waals surface area (Å²) in [6.07, 6.45) is 8.05. The SMILES string of the molecule is CCCCCC(C)NCC1(C)CCCN1. The molecule has 0 aromatic rings. The molecule has 15 heavy (non-hydrogen) atoms. The summed E-state index contributed by atoms with van der Waals surface area (Å²) in [7, 11) is 0. The fourth-order valence-electron chi connectivity index (χ4n) is 2.31. The molecule has 1 aliphatic rings. The molecule has 0 aromatic heterocycles. The lowest BCUT2D eigenvalue weighted by Gasteiger charge is -2.27. The second-order valence-electron chi connectivity index (χ2n) is 5.37. The van der Waals surface area contributed by atoms with Crippen molar-refractivity contribution in [1.29, 1.82) is 0 Å². The first-order valence-corrected chi connectivity index (χ1v) is 6.65. The van der Waals surface area contributed by atoms with Crippen LogP contribution in [0.25, 0.3) is 0 Å². The van der Waals surface area contributed by atoms with Gasteiger partial charge in [-0.15, -0.1) is 0 Å². The van der Waals surface area contributed by atoms with E-state index in [1.807, 2.05) is 0 Å². The molecular formula is C13H28N2. The standard InChI is InChI=1S/C13H28N2/c1-4-5-6-8-12(2)14-11-13(3)9-7-10-15-13/h12,14-15H,4-11H2,1-3H3. The summed E-state index contributed by atoms with van der Waals surface area (Å²) in [6.45, 7) is 9.24. The summed E-state index contributed by atoms with van der Waals surface area (Å²) in [6, 6.07) is 0.677.